The smallest absolute Gasteiger partial charge is 0.250 e. The van der Waals surface area contributed by atoms with E-state index in [1.807, 2.05) is 12.1 Å². The number of ether oxygens (including phenoxy) is 1. The zero-order valence-corrected chi connectivity index (χ0v) is 11.1. The molecule has 1 aliphatic carbocycles. The number of carbonyl (C=O) groups is 1. The van der Waals surface area contributed by atoms with Crippen LogP contribution in [-0.4, -0.2) is 30.6 Å². The predicted octanol–water partition coefficient (Wildman–Crippen LogP) is 1.62. The Morgan fingerprint density at radius 1 is 1.50 bits per heavy atom. The number of amides is 1. The highest BCUT2D eigenvalue weighted by Crippen LogP contribution is 2.40. The van der Waals surface area contributed by atoms with Crippen molar-refractivity contribution in [1.82, 2.24) is 4.98 Å². The van der Waals surface area contributed by atoms with Gasteiger partial charge in [-0.15, -0.1) is 0 Å². The van der Waals surface area contributed by atoms with Crippen molar-refractivity contribution in [3.8, 4) is 0 Å². The van der Waals surface area contributed by atoms with E-state index in [4.69, 9.17) is 14.9 Å². The fraction of sp³-hybridized carbons (Fsp3) is 0.429. The first-order chi connectivity index (χ1) is 9.76. The molecule has 3 N–H and O–H groups in total. The number of nitrogens with one attached hydrogen (secondary N) is 1. The van der Waals surface area contributed by atoms with E-state index in [1.54, 1.807) is 6.07 Å². The van der Waals surface area contributed by atoms with Gasteiger partial charge in [-0.3, -0.25) is 4.79 Å². The molecule has 1 saturated carbocycles. The SMILES string of the molecule is NCCOCC(=O)Nc1ccc2oc(C3CC3)nc2c1. The van der Waals surface area contributed by atoms with Crippen molar-refractivity contribution in [2.75, 3.05) is 25.1 Å². The molecular weight excluding hydrogens is 258 g/mol. The van der Waals surface area contributed by atoms with Crippen molar-refractivity contribution in [3.63, 3.8) is 0 Å². The van der Waals surface area contributed by atoms with Gasteiger partial charge in [0.2, 0.25) is 5.91 Å². The molecule has 1 aliphatic rings. The van der Waals surface area contributed by atoms with Crippen LogP contribution in [0.1, 0.15) is 24.7 Å². The zero-order valence-electron chi connectivity index (χ0n) is 11.1. The first-order valence-corrected chi connectivity index (χ1v) is 6.74. The predicted molar refractivity (Wildman–Crippen MR) is 74.5 cm³/mol. The van der Waals surface area contributed by atoms with Crippen LogP contribution in [0.15, 0.2) is 22.6 Å². The van der Waals surface area contributed by atoms with Crippen LogP contribution in [0.5, 0.6) is 0 Å². The van der Waals surface area contributed by atoms with Gasteiger partial charge in [-0.1, -0.05) is 0 Å². The molecule has 1 aromatic heterocycles. The number of anilines is 1. The molecule has 1 amide bonds. The van der Waals surface area contributed by atoms with Crippen LogP contribution in [0.2, 0.25) is 0 Å². The van der Waals surface area contributed by atoms with Gasteiger partial charge >= 0.3 is 0 Å². The molecule has 106 valence electrons. The lowest BCUT2D eigenvalue weighted by molar-refractivity contribution is -0.120. The summed E-state index contributed by atoms with van der Waals surface area (Å²) >= 11 is 0. The molecule has 0 bridgehead atoms. The monoisotopic (exact) mass is 275 g/mol. The summed E-state index contributed by atoms with van der Waals surface area (Å²) in [5.74, 6) is 1.07. The number of oxazole rings is 1. The minimum atomic E-state index is -0.205. The summed E-state index contributed by atoms with van der Waals surface area (Å²) in [5.41, 5.74) is 7.50. The molecule has 1 fully saturated rings. The number of hydrogen-bond donors (Lipinski definition) is 2. The van der Waals surface area contributed by atoms with E-state index < -0.39 is 0 Å². The van der Waals surface area contributed by atoms with Gasteiger partial charge in [0.05, 0.1) is 6.61 Å². The molecule has 0 radical (unpaired) electrons. The average molecular weight is 275 g/mol. The highest BCUT2D eigenvalue weighted by molar-refractivity contribution is 5.93. The second kappa shape index (κ2) is 5.60. The van der Waals surface area contributed by atoms with E-state index in [0.29, 0.717) is 24.8 Å². The maximum absolute atomic E-state index is 11.6. The Morgan fingerprint density at radius 3 is 3.10 bits per heavy atom. The van der Waals surface area contributed by atoms with Gasteiger partial charge in [0, 0.05) is 18.2 Å². The van der Waals surface area contributed by atoms with Gasteiger partial charge in [-0.2, -0.15) is 0 Å². The molecule has 0 unspecified atom stereocenters. The molecule has 0 spiro atoms. The Morgan fingerprint density at radius 2 is 2.35 bits per heavy atom. The second-order valence-corrected chi connectivity index (χ2v) is 4.90. The Kier molecular flexibility index (Phi) is 3.66. The van der Waals surface area contributed by atoms with Crippen molar-refractivity contribution in [2.24, 2.45) is 5.73 Å². The van der Waals surface area contributed by atoms with Crippen molar-refractivity contribution in [2.45, 2.75) is 18.8 Å². The highest BCUT2D eigenvalue weighted by atomic mass is 16.5. The molecule has 0 atom stereocenters. The van der Waals surface area contributed by atoms with Crippen molar-refractivity contribution in [3.05, 3.63) is 24.1 Å². The summed E-state index contributed by atoms with van der Waals surface area (Å²) in [5, 5.41) is 2.76. The highest BCUT2D eigenvalue weighted by Gasteiger charge is 2.28. The van der Waals surface area contributed by atoms with Crippen LogP contribution in [0.25, 0.3) is 11.1 Å². The molecular formula is C14H17N3O3. The number of carbonyl (C=O) groups excluding carboxylic acids is 1. The van der Waals surface area contributed by atoms with Crippen LogP contribution in [0.3, 0.4) is 0 Å². The summed E-state index contributed by atoms with van der Waals surface area (Å²) in [6.07, 6.45) is 2.30. The molecule has 6 nitrogen and oxygen atoms in total. The number of nitrogens with zero attached hydrogens (tertiary/aromatic N) is 1. The third-order valence-electron chi connectivity index (χ3n) is 3.11. The van der Waals surface area contributed by atoms with Crippen LogP contribution < -0.4 is 11.1 Å². The number of hydrogen-bond acceptors (Lipinski definition) is 5. The normalized spacial score (nSPS) is 14.7. The first-order valence-electron chi connectivity index (χ1n) is 6.74. The third kappa shape index (κ3) is 2.97. The quantitative estimate of drug-likeness (QED) is 0.782. The number of fused-ring (bicyclic) bond motifs is 1. The van der Waals surface area contributed by atoms with Gasteiger partial charge in [0.1, 0.15) is 12.1 Å². The number of rotatable bonds is 6. The number of aromatic nitrogens is 1. The molecule has 1 heterocycles. The Hall–Kier alpha value is -1.92. The number of benzene rings is 1. The van der Waals surface area contributed by atoms with Crippen LogP contribution in [0.4, 0.5) is 5.69 Å². The third-order valence-corrected chi connectivity index (χ3v) is 3.11. The minimum absolute atomic E-state index is 0.00137. The molecule has 0 saturated heterocycles. The van der Waals surface area contributed by atoms with Crippen molar-refractivity contribution < 1.29 is 13.9 Å². The van der Waals surface area contributed by atoms with E-state index in [0.717, 1.165) is 29.8 Å². The summed E-state index contributed by atoms with van der Waals surface area (Å²) in [6, 6.07) is 5.43. The fourth-order valence-electron chi connectivity index (χ4n) is 1.97. The van der Waals surface area contributed by atoms with Crippen molar-refractivity contribution in [1.29, 1.82) is 0 Å². The fourth-order valence-corrected chi connectivity index (χ4v) is 1.97. The lowest BCUT2D eigenvalue weighted by Gasteiger charge is -2.05. The summed E-state index contributed by atoms with van der Waals surface area (Å²) in [4.78, 5) is 16.1. The maximum Gasteiger partial charge on any atom is 0.250 e. The maximum atomic E-state index is 11.6. The van der Waals surface area contributed by atoms with Gasteiger partial charge in [-0.25, -0.2) is 4.98 Å². The standard InChI is InChI=1S/C14H17N3O3/c15-5-6-19-8-13(18)16-10-3-4-12-11(7-10)17-14(20-12)9-1-2-9/h3-4,7,9H,1-2,5-6,8,15H2,(H,16,18). The van der Waals surface area contributed by atoms with Gasteiger partial charge < -0.3 is 20.2 Å². The molecule has 3 rings (SSSR count). The van der Waals surface area contributed by atoms with Gasteiger partial charge in [-0.05, 0) is 31.0 Å². The van der Waals surface area contributed by atoms with E-state index in [2.05, 4.69) is 10.3 Å². The molecule has 6 heteroatoms. The zero-order chi connectivity index (χ0) is 13.9. The van der Waals surface area contributed by atoms with E-state index in [-0.39, 0.29) is 12.5 Å². The lowest BCUT2D eigenvalue weighted by atomic mass is 10.3. The largest absolute Gasteiger partial charge is 0.440 e. The second-order valence-electron chi connectivity index (χ2n) is 4.90. The van der Waals surface area contributed by atoms with E-state index >= 15 is 0 Å². The number of nitrogens with two attached hydrogens (primary N) is 1. The molecule has 2 aromatic rings. The summed E-state index contributed by atoms with van der Waals surface area (Å²) in [7, 11) is 0. The van der Waals surface area contributed by atoms with Crippen molar-refractivity contribution >= 4 is 22.7 Å². The Labute approximate surface area is 116 Å². The average Bonchev–Trinajstić information content (AvgIpc) is 3.19. The van der Waals surface area contributed by atoms with Gasteiger partial charge in [0.15, 0.2) is 11.5 Å². The summed E-state index contributed by atoms with van der Waals surface area (Å²) < 4.78 is 10.7. The molecule has 0 aliphatic heterocycles. The lowest BCUT2D eigenvalue weighted by Crippen LogP contribution is -2.20. The van der Waals surface area contributed by atoms with Crippen LogP contribution in [-0.2, 0) is 9.53 Å². The van der Waals surface area contributed by atoms with Crippen LogP contribution in [0, 0.1) is 0 Å². The first kappa shape index (κ1) is 13.1. The minimum Gasteiger partial charge on any atom is -0.440 e. The van der Waals surface area contributed by atoms with Gasteiger partial charge in [0.25, 0.3) is 0 Å². The Balaban J connectivity index is 1.67. The summed E-state index contributed by atoms with van der Waals surface area (Å²) in [6.45, 7) is 0.782. The molecule has 1 aromatic carbocycles. The Bertz CT molecular complexity index is 619. The van der Waals surface area contributed by atoms with Crippen LogP contribution >= 0.6 is 0 Å². The topological polar surface area (TPSA) is 90.4 Å². The van der Waals surface area contributed by atoms with E-state index in [1.165, 1.54) is 0 Å². The van der Waals surface area contributed by atoms with E-state index in [9.17, 15) is 4.79 Å². The molecule has 20 heavy (non-hydrogen) atoms.